The summed E-state index contributed by atoms with van der Waals surface area (Å²) in [5.74, 6) is -1.52. The molecule has 0 bridgehead atoms. The molecule has 2 N–H and O–H groups in total. The van der Waals surface area contributed by atoms with Crippen LogP contribution in [-0.4, -0.2) is 29.8 Å². The van der Waals surface area contributed by atoms with E-state index in [4.69, 9.17) is 5.11 Å². The Morgan fingerprint density at radius 3 is 2.68 bits per heavy atom. The molecular formula is C13H16FNO4. The van der Waals surface area contributed by atoms with E-state index in [-0.39, 0.29) is 18.8 Å². The van der Waals surface area contributed by atoms with Crippen LogP contribution in [-0.2, 0) is 16.0 Å². The molecule has 0 saturated carbocycles. The van der Waals surface area contributed by atoms with Gasteiger partial charge in [-0.3, -0.25) is 0 Å². The lowest BCUT2D eigenvalue weighted by atomic mass is 10.0. The van der Waals surface area contributed by atoms with Gasteiger partial charge in [0.25, 0.3) is 0 Å². The van der Waals surface area contributed by atoms with Gasteiger partial charge in [0.05, 0.1) is 6.61 Å². The van der Waals surface area contributed by atoms with Crippen molar-refractivity contribution >= 4 is 12.1 Å². The van der Waals surface area contributed by atoms with E-state index >= 15 is 0 Å². The van der Waals surface area contributed by atoms with Gasteiger partial charge < -0.3 is 15.2 Å². The Morgan fingerprint density at radius 2 is 2.16 bits per heavy atom. The second-order valence-corrected chi connectivity index (χ2v) is 4.04. The van der Waals surface area contributed by atoms with Crippen molar-refractivity contribution in [3.63, 3.8) is 0 Å². The molecule has 0 aliphatic heterocycles. The number of benzene rings is 1. The fraction of sp³-hybridized carbons (Fsp3) is 0.385. The lowest BCUT2D eigenvalue weighted by molar-refractivity contribution is -0.139. The molecule has 1 atom stereocenters. The fourth-order valence-corrected chi connectivity index (χ4v) is 1.58. The molecule has 0 saturated heterocycles. The number of rotatable bonds is 5. The van der Waals surface area contributed by atoms with Crippen molar-refractivity contribution in [2.24, 2.45) is 0 Å². The number of alkyl carbamates (subject to hydrolysis) is 1. The molecule has 1 rings (SSSR count). The minimum atomic E-state index is -1.17. The van der Waals surface area contributed by atoms with E-state index in [2.05, 4.69) is 10.1 Å². The first-order chi connectivity index (χ1) is 8.93. The predicted molar refractivity (Wildman–Crippen MR) is 66.4 cm³/mol. The summed E-state index contributed by atoms with van der Waals surface area (Å²) in [5, 5.41) is 11.3. The molecule has 6 heteroatoms. The van der Waals surface area contributed by atoms with E-state index in [9.17, 15) is 14.0 Å². The van der Waals surface area contributed by atoms with Crippen LogP contribution < -0.4 is 5.32 Å². The first-order valence-electron chi connectivity index (χ1n) is 5.85. The highest BCUT2D eigenvalue weighted by molar-refractivity contribution is 5.80. The third-order valence-electron chi connectivity index (χ3n) is 2.53. The Bertz CT molecular complexity index is 476. The number of carbonyl (C=O) groups is 2. The summed E-state index contributed by atoms with van der Waals surface area (Å²) in [6.07, 6.45) is -0.719. The van der Waals surface area contributed by atoms with Crippen LogP contribution in [0.4, 0.5) is 9.18 Å². The van der Waals surface area contributed by atoms with Gasteiger partial charge in [-0.05, 0) is 31.0 Å². The van der Waals surface area contributed by atoms with E-state index in [1.165, 1.54) is 12.1 Å². The van der Waals surface area contributed by atoms with Crippen molar-refractivity contribution in [1.29, 1.82) is 0 Å². The van der Waals surface area contributed by atoms with Crippen molar-refractivity contribution in [2.75, 3.05) is 6.61 Å². The van der Waals surface area contributed by atoms with Gasteiger partial charge in [0.2, 0.25) is 0 Å². The Kier molecular flexibility index (Phi) is 5.29. The van der Waals surface area contributed by atoms with E-state index in [0.717, 1.165) is 0 Å². The summed E-state index contributed by atoms with van der Waals surface area (Å²) in [6, 6.07) is 3.21. The van der Waals surface area contributed by atoms with Crippen LogP contribution in [0.1, 0.15) is 18.1 Å². The quantitative estimate of drug-likeness (QED) is 0.855. The highest BCUT2D eigenvalue weighted by Crippen LogP contribution is 2.11. The van der Waals surface area contributed by atoms with Crippen LogP contribution in [0, 0.1) is 12.7 Å². The number of ether oxygens (including phenoxy) is 1. The van der Waals surface area contributed by atoms with Gasteiger partial charge in [-0.15, -0.1) is 0 Å². The smallest absolute Gasteiger partial charge is 0.407 e. The number of hydrogen-bond acceptors (Lipinski definition) is 3. The van der Waals surface area contributed by atoms with Crippen LogP contribution in [0.2, 0.25) is 0 Å². The number of carboxylic acid groups (broad SMARTS) is 1. The largest absolute Gasteiger partial charge is 0.480 e. The van der Waals surface area contributed by atoms with Gasteiger partial charge in [-0.2, -0.15) is 0 Å². The third kappa shape index (κ3) is 4.57. The number of aliphatic carboxylic acids is 1. The molecule has 0 heterocycles. The average Bonchev–Trinajstić information content (AvgIpc) is 2.33. The zero-order chi connectivity index (χ0) is 14.4. The second kappa shape index (κ2) is 6.72. The fourth-order valence-electron chi connectivity index (χ4n) is 1.58. The van der Waals surface area contributed by atoms with Gasteiger partial charge in [0.1, 0.15) is 11.9 Å². The zero-order valence-corrected chi connectivity index (χ0v) is 10.8. The van der Waals surface area contributed by atoms with Crippen molar-refractivity contribution in [1.82, 2.24) is 5.32 Å². The molecule has 5 nitrogen and oxygen atoms in total. The lowest BCUT2D eigenvalue weighted by Crippen LogP contribution is -2.42. The van der Waals surface area contributed by atoms with E-state index in [1.807, 2.05) is 0 Å². The summed E-state index contributed by atoms with van der Waals surface area (Å²) in [6.45, 7) is 3.37. The summed E-state index contributed by atoms with van der Waals surface area (Å²) in [4.78, 5) is 22.3. The summed E-state index contributed by atoms with van der Waals surface area (Å²) >= 11 is 0. The molecule has 1 aromatic rings. The van der Waals surface area contributed by atoms with Crippen LogP contribution in [0.15, 0.2) is 18.2 Å². The van der Waals surface area contributed by atoms with Gasteiger partial charge in [-0.1, -0.05) is 12.1 Å². The van der Waals surface area contributed by atoms with Gasteiger partial charge in [-0.25, -0.2) is 14.0 Å². The summed E-state index contributed by atoms with van der Waals surface area (Å²) in [5.41, 5.74) is 1.06. The summed E-state index contributed by atoms with van der Waals surface area (Å²) in [7, 11) is 0. The Balaban J connectivity index is 2.75. The van der Waals surface area contributed by atoms with Crippen LogP contribution >= 0.6 is 0 Å². The van der Waals surface area contributed by atoms with Gasteiger partial charge >= 0.3 is 12.1 Å². The predicted octanol–water partition coefficient (Wildman–Crippen LogP) is 1.88. The van der Waals surface area contributed by atoms with Crippen LogP contribution in [0.25, 0.3) is 0 Å². The molecule has 1 aromatic carbocycles. The number of hydrogen-bond donors (Lipinski definition) is 2. The van der Waals surface area contributed by atoms with Crippen LogP contribution in [0.5, 0.6) is 0 Å². The minimum Gasteiger partial charge on any atom is -0.480 e. The topological polar surface area (TPSA) is 75.6 Å². The number of halogens is 1. The maximum absolute atomic E-state index is 13.1. The highest BCUT2D eigenvalue weighted by atomic mass is 19.1. The summed E-state index contributed by atoms with van der Waals surface area (Å²) < 4.78 is 17.7. The Morgan fingerprint density at radius 1 is 1.47 bits per heavy atom. The van der Waals surface area contributed by atoms with Gasteiger partial charge in [0.15, 0.2) is 0 Å². The number of aryl methyl sites for hydroxylation is 1. The molecule has 19 heavy (non-hydrogen) atoms. The maximum Gasteiger partial charge on any atom is 0.407 e. The number of carboxylic acids is 1. The first kappa shape index (κ1) is 14.9. The lowest BCUT2D eigenvalue weighted by Gasteiger charge is -2.14. The monoisotopic (exact) mass is 269 g/mol. The first-order valence-corrected chi connectivity index (χ1v) is 5.85. The molecule has 0 aliphatic rings. The molecule has 0 radical (unpaired) electrons. The Hall–Kier alpha value is -2.11. The van der Waals surface area contributed by atoms with Crippen molar-refractivity contribution < 1.29 is 23.8 Å². The standard InChI is InChI=1S/C13H16FNO4/c1-3-19-13(18)15-11(12(16)17)7-9-4-5-10(14)8(2)6-9/h4-6,11H,3,7H2,1-2H3,(H,15,18)(H,16,17). The molecule has 0 spiro atoms. The van der Waals surface area contributed by atoms with Crippen molar-refractivity contribution in [2.45, 2.75) is 26.3 Å². The molecule has 0 aliphatic carbocycles. The minimum absolute atomic E-state index is 0.0647. The maximum atomic E-state index is 13.1. The SMILES string of the molecule is CCOC(=O)NC(Cc1ccc(F)c(C)c1)C(=O)O. The molecule has 1 amide bonds. The zero-order valence-electron chi connectivity index (χ0n) is 10.8. The highest BCUT2D eigenvalue weighted by Gasteiger charge is 2.21. The van der Waals surface area contributed by atoms with E-state index < -0.39 is 18.1 Å². The molecule has 0 fully saturated rings. The average molecular weight is 269 g/mol. The molecule has 0 aromatic heterocycles. The molecule has 104 valence electrons. The normalized spacial score (nSPS) is 11.7. The second-order valence-electron chi connectivity index (χ2n) is 4.04. The third-order valence-corrected chi connectivity index (χ3v) is 2.53. The van der Waals surface area contributed by atoms with Crippen LogP contribution in [0.3, 0.4) is 0 Å². The number of amides is 1. The molecular weight excluding hydrogens is 253 g/mol. The Labute approximate surface area is 110 Å². The molecule has 1 unspecified atom stereocenters. The van der Waals surface area contributed by atoms with Gasteiger partial charge in [0, 0.05) is 6.42 Å². The number of nitrogens with one attached hydrogen (secondary N) is 1. The van der Waals surface area contributed by atoms with Crippen molar-refractivity contribution in [3.05, 3.63) is 35.1 Å². The number of carbonyl (C=O) groups excluding carboxylic acids is 1. The van der Waals surface area contributed by atoms with E-state index in [1.54, 1.807) is 19.9 Å². The van der Waals surface area contributed by atoms with Crippen molar-refractivity contribution in [3.8, 4) is 0 Å². The van der Waals surface area contributed by atoms with E-state index in [0.29, 0.717) is 11.1 Å².